The molecule has 5 heteroatoms. The number of unbranched alkanes of at least 4 members (excludes halogenated alkanes) is 13. The number of rotatable bonds is 25. The van der Waals surface area contributed by atoms with Crippen molar-refractivity contribution >= 4 is 34.7 Å². The van der Waals surface area contributed by atoms with Crippen molar-refractivity contribution in [2.24, 2.45) is 5.92 Å². The van der Waals surface area contributed by atoms with E-state index in [4.69, 9.17) is 9.47 Å². The van der Waals surface area contributed by atoms with E-state index in [1.165, 1.54) is 107 Å². The van der Waals surface area contributed by atoms with Crippen molar-refractivity contribution in [2.45, 2.75) is 123 Å². The molecule has 3 aromatic carbocycles. The second kappa shape index (κ2) is 22.5. The molecule has 0 N–H and O–H groups in total. The fraction of sp³-hybridized carbons (Fsp3) is 0.489. The quantitative estimate of drug-likeness (QED) is 0.0496. The third-order valence-corrected chi connectivity index (χ3v) is 16.3. The van der Waals surface area contributed by atoms with Gasteiger partial charge in [-0.25, -0.2) is 0 Å². The summed E-state index contributed by atoms with van der Waals surface area (Å²) < 4.78 is 10.9. The Morgan fingerprint density at radius 3 is 1.27 bits per heavy atom. The molecular formula is C47H65O4P. The Hall–Kier alpha value is -3.49. The van der Waals surface area contributed by atoms with Gasteiger partial charge in [0.25, 0.3) is 0 Å². The van der Waals surface area contributed by atoms with Crippen LogP contribution in [0.5, 0.6) is 0 Å². The van der Waals surface area contributed by atoms with Gasteiger partial charge in [0.15, 0.2) is 0 Å². The SMILES string of the molecule is CCCCCCCCCCCCCCCCC(CCC[PH](c1ccccc1)(c1ccccc1)c1ccccc1)C1=C(C)C(=O)C(OC)=C(OC)C1=O. The molecule has 0 heterocycles. The summed E-state index contributed by atoms with van der Waals surface area (Å²) in [6.07, 6.45) is 22.0. The van der Waals surface area contributed by atoms with Crippen LogP contribution in [0.15, 0.2) is 114 Å². The Bertz CT molecular complexity index is 1460. The molecule has 0 fully saturated rings. The van der Waals surface area contributed by atoms with Gasteiger partial charge in [-0.15, -0.1) is 0 Å². The Balaban J connectivity index is 1.47. The fourth-order valence-corrected chi connectivity index (χ4v) is 13.3. The standard InChI is InChI=1S/C47H65O4P/c1-5-6-7-8-9-10-11-12-13-14-15-16-17-21-29-39(43-38(2)44(48)46(50-3)47(51-4)45(43)49)30-28-37-52(40-31-22-18-23-32-40,41-33-24-19-25-34-41)42-35-26-20-27-36-42/h18-20,22-27,31-36,39,52H,5-17,21,28-30,37H2,1-4H3. The second-order valence-electron chi connectivity index (χ2n) is 14.7. The Kier molecular flexibility index (Phi) is 17.9. The molecule has 1 atom stereocenters. The number of methoxy groups -OCH3 is 2. The van der Waals surface area contributed by atoms with Gasteiger partial charge < -0.3 is 0 Å². The molecule has 0 aliphatic heterocycles. The van der Waals surface area contributed by atoms with Crippen LogP contribution in [0.3, 0.4) is 0 Å². The Morgan fingerprint density at radius 1 is 0.500 bits per heavy atom. The molecule has 0 spiro atoms. The van der Waals surface area contributed by atoms with Crippen LogP contribution in [-0.4, -0.2) is 31.9 Å². The maximum absolute atomic E-state index is 14.0. The summed E-state index contributed by atoms with van der Waals surface area (Å²) in [5, 5.41) is 4.18. The van der Waals surface area contributed by atoms with Crippen LogP contribution in [0.4, 0.5) is 0 Å². The van der Waals surface area contributed by atoms with Crippen molar-refractivity contribution < 1.29 is 19.1 Å². The number of hydrogen-bond donors (Lipinski definition) is 0. The van der Waals surface area contributed by atoms with Gasteiger partial charge in [-0.1, -0.05) is 51.9 Å². The number of hydrogen-bond acceptors (Lipinski definition) is 4. The van der Waals surface area contributed by atoms with E-state index in [1.807, 2.05) is 0 Å². The van der Waals surface area contributed by atoms with Crippen molar-refractivity contribution in [1.29, 1.82) is 0 Å². The van der Waals surface area contributed by atoms with E-state index in [0.29, 0.717) is 11.1 Å². The van der Waals surface area contributed by atoms with Crippen LogP contribution in [0.2, 0.25) is 0 Å². The van der Waals surface area contributed by atoms with Gasteiger partial charge in [-0.3, -0.25) is 0 Å². The van der Waals surface area contributed by atoms with Crippen LogP contribution in [0.1, 0.15) is 123 Å². The average molecular weight is 725 g/mol. The zero-order chi connectivity index (χ0) is 37.0. The van der Waals surface area contributed by atoms with Gasteiger partial charge in [-0.2, -0.15) is 0 Å². The first-order chi connectivity index (χ1) is 25.5. The minimum atomic E-state index is -2.42. The molecule has 0 amide bonds. The molecule has 4 nitrogen and oxygen atoms in total. The van der Waals surface area contributed by atoms with E-state index in [-0.39, 0.29) is 29.0 Å². The molecule has 1 aliphatic carbocycles. The summed E-state index contributed by atoms with van der Waals surface area (Å²) in [6.45, 7) is 4.08. The summed E-state index contributed by atoms with van der Waals surface area (Å²) in [5.74, 6) is -0.384. The molecule has 0 aromatic heterocycles. The maximum atomic E-state index is 14.0. The topological polar surface area (TPSA) is 52.6 Å². The monoisotopic (exact) mass is 724 g/mol. The first-order valence-corrected chi connectivity index (χ1v) is 22.5. The van der Waals surface area contributed by atoms with Crippen molar-refractivity contribution in [1.82, 2.24) is 0 Å². The molecule has 52 heavy (non-hydrogen) atoms. The molecule has 0 saturated carbocycles. The van der Waals surface area contributed by atoms with Gasteiger partial charge in [0.2, 0.25) is 0 Å². The van der Waals surface area contributed by atoms with E-state index in [2.05, 4.69) is 97.9 Å². The third-order valence-electron chi connectivity index (χ3n) is 11.2. The third kappa shape index (κ3) is 11.0. The number of ether oxygens (including phenoxy) is 2. The van der Waals surface area contributed by atoms with Gasteiger partial charge >= 0.3 is 265 Å². The number of Topliss-reactive ketones (excluding diaryl/α,β-unsaturated/α-hetero) is 2. The Morgan fingerprint density at radius 2 is 0.865 bits per heavy atom. The molecular weight excluding hydrogens is 659 g/mol. The van der Waals surface area contributed by atoms with Crippen LogP contribution in [0, 0.1) is 5.92 Å². The molecule has 282 valence electrons. The van der Waals surface area contributed by atoms with Crippen molar-refractivity contribution in [3.8, 4) is 0 Å². The number of carbonyl (C=O) groups excluding carboxylic acids is 2. The number of allylic oxidation sites excluding steroid dienone is 2. The molecule has 0 saturated heterocycles. The second-order valence-corrected chi connectivity index (χ2v) is 18.8. The first kappa shape index (κ1) is 41.3. The zero-order valence-electron chi connectivity index (χ0n) is 32.6. The minimum absolute atomic E-state index is 0.0210. The van der Waals surface area contributed by atoms with Crippen molar-refractivity contribution in [3.05, 3.63) is 114 Å². The van der Waals surface area contributed by atoms with E-state index < -0.39 is 7.26 Å². The van der Waals surface area contributed by atoms with Gasteiger partial charge in [-0.05, 0) is 0 Å². The summed E-state index contributed by atoms with van der Waals surface area (Å²) in [6, 6.07) is 33.1. The van der Waals surface area contributed by atoms with Crippen LogP contribution in [0.25, 0.3) is 0 Å². The van der Waals surface area contributed by atoms with E-state index in [0.717, 1.165) is 38.3 Å². The van der Waals surface area contributed by atoms with Crippen LogP contribution < -0.4 is 15.9 Å². The van der Waals surface area contributed by atoms with Crippen molar-refractivity contribution in [2.75, 3.05) is 20.4 Å². The number of benzene rings is 3. The molecule has 0 radical (unpaired) electrons. The van der Waals surface area contributed by atoms with Gasteiger partial charge in [0.1, 0.15) is 0 Å². The molecule has 3 aromatic rings. The van der Waals surface area contributed by atoms with E-state index in [9.17, 15) is 9.59 Å². The average Bonchev–Trinajstić information content (AvgIpc) is 3.18. The molecule has 0 bridgehead atoms. The summed E-state index contributed by atoms with van der Waals surface area (Å²) >= 11 is 0. The summed E-state index contributed by atoms with van der Waals surface area (Å²) in [4.78, 5) is 27.5. The van der Waals surface area contributed by atoms with Crippen LogP contribution in [-0.2, 0) is 19.1 Å². The van der Waals surface area contributed by atoms with E-state index >= 15 is 0 Å². The van der Waals surface area contributed by atoms with Gasteiger partial charge in [0, 0.05) is 0 Å². The number of carbonyl (C=O) groups is 2. The van der Waals surface area contributed by atoms with Gasteiger partial charge in [0.05, 0.1) is 0 Å². The predicted octanol–water partition coefficient (Wildman–Crippen LogP) is 11.0. The Labute approximate surface area is 315 Å². The first-order valence-electron chi connectivity index (χ1n) is 20.3. The zero-order valence-corrected chi connectivity index (χ0v) is 33.6. The normalized spacial score (nSPS) is 14.5. The molecule has 4 rings (SSSR count). The summed E-state index contributed by atoms with van der Waals surface area (Å²) in [7, 11) is 0.473. The van der Waals surface area contributed by atoms with Crippen LogP contribution >= 0.6 is 7.26 Å². The predicted molar refractivity (Wildman–Crippen MR) is 223 cm³/mol. The van der Waals surface area contributed by atoms with E-state index in [1.54, 1.807) is 6.92 Å². The molecule has 1 unspecified atom stereocenters. The number of ketones is 2. The fourth-order valence-electron chi connectivity index (χ4n) is 8.39. The molecule has 1 aliphatic rings. The van der Waals surface area contributed by atoms with Crippen molar-refractivity contribution in [3.63, 3.8) is 0 Å². The summed E-state index contributed by atoms with van der Waals surface area (Å²) in [5.41, 5.74) is 1.14.